The van der Waals surface area contributed by atoms with E-state index < -0.39 is 16.1 Å². The number of ether oxygens (including phenoxy) is 2. The standard InChI is InChI=1S/C22H20FNO4S/c1-15-4-3-5-20(12-15)29(25,26)24(16(2)17-6-8-18(23)9-7-17)19-10-11-21-22(13-19)28-14-27-21/h3-13,16H,14H2,1-2H3/t16-/m1/s1. The molecule has 0 radical (unpaired) electrons. The molecule has 150 valence electrons. The van der Waals surface area contributed by atoms with Crippen LogP contribution in [0.25, 0.3) is 0 Å². The summed E-state index contributed by atoms with van der Waals surface area (Å²) < 4.78 is 52.8. The molecule has 1 aliphatic rings. The summed E-state index contributed by atoms with van der Waals surface area (Å²) in [5, 5.41) is 0. The number of anilines is 1. The molecule has 0 saturated carbocycles. The number of fused-ring (bicyclic) bond motifs is 1. The van der Waals surface area contributed by atoms with Crippen LogP contribution in [0.2, 0.25) is 0 Å². The predicted molar refractivity (Wildman–Crippen MR) is 108 cm³/mol. The molecule has 0 fully saturated rings. The van der Waals surface area contributed by atoms with Crippen LogP contribution in [0.3, 0.4) is 0 Å². The number of aryl methyl sites for hydroxylation is 1. The van der Waals surface area contributed by atoms with Gasteiger partial charge >= 0.3 is 0 Å². The van der Waals surface area contributed by atoms with E-state index in [0.717, 1.165) is 5.56 Å². The molecule has 0 spiro atoms. The summed E-state index contributed by atoms with van der Waals surface area (Å²) in [7, 11) is -3.91. The Balaban J connectivity index is 1.86. The number of nitrogens with zero attached hydrogens (tertiary/aromatic N) is 1. The van der Waals surface area contributed by atoms with Gasteiger partial charge in [-0.05, 0) is 61.4 Å². The molecule has 0 aromatic heterocycles. The molecule has 0 aliphatic carbocycles. The van der Waals surface area contributed by atoms with Gasteiger partial charge in [0, 0.05) is 6.07 Å². The highest BCUT2D eigenvalue weighted by molar-refractivity contribution is 7.92. The lowest BCUT2D eigenvalue weighted by atomic mass is 10.1. The lowest BCUT2D eigenvalue weighted by molar-refractivity contribution is 0.174. The molecule has 4 rings (SSSR count). The second-order valence-electron chi connectivity index (χ2n) is 6.88. The van der Waals surface area contributed by atoms with Crippen LogP contribution >= 0.6 is 0 Å². The number of benzene rings is 3. The van der Waals surface area contributed by atoms with Crippen molar-refractivity contribution in [1.82, 2.24) is 0 Å². The van der Waals surface area contributed by atoms with Gasteiger partial charge in [-0.1, -0.05) is 24.3 Å². The number of halogens is 1. The van der Waals surface area contributed by atoms with Crippen molar-refractivity contribution in [2.45, 2.75) is 24.8 Å². The lowest BCUT2D eigenvalue weighted by Gasteiger charge is -2.31. The summed E-state index contributed by atoms with van der Waals surface area (Å²) in [6.07, 6.45) is 0. The van der Waals surface area contributed by atoms with Crippen LogP contribution in [0.1, 0.15) is 24.1 Å². The Morgan fingerprint density at radius 3 is 2.41 bits per heavy atom. The number of hydrogen-bond acceptors (Lipinski definition) is 4. The van der Waals surface area contributed by atoms with Gasteiger partial charge in [-0.25, -0.2) is 12.8 Å². The molecule has 7 heteroatoms. The molecule has 3 aromatic rings. The minimum Gasteiger partial charge on any atom is -0.454 e. The Hall–Kier alpha value is -3.06. The molecule has 5 nitrogen and oxygen atoms in total. The first-order chi connectivity index (χ1) is 13.9. The Morgan fingerprint density at radius 2 is 1.69 bits per heavy atom. The first-order valence-electron chi connectivity index (χ1n) is 9.12. The van der Waals surface area contributed by atoms with E-state index in [1.54, 1.807) is 55.5 Å². The first kappa shape index (κ1) is 19.3. The maximum Gasteiger partial charge on any atom is 0.264 e. The normalized spacial score (nSPS) is 13.9. The second kappa shape index (κ2) is 7.40. The molecule has 0 amide bonds. The smallest absolute Gasteiger partial charge is 0.264 e. The Bertz CT molecular complexity index is 1150. The van der Waals surface area contributed by atoms with Crippen molar-refractivity contribution in [3.05, 3.63) is 83.7 Å². The fourth-order valence-corrected chi connectivity index (χ4v) is 5.10. The quantitative estimate of drug-likeness (QED) is 0.602. The van der Waals surface area contributed by atoms with Gasteiger partial charge in [-0.2, -0.15) is 0 Å². The number of hydrogen-bond donors (Lipinski definition) is 0. The Morgan fingerprint density at radius 1 is 0.966 bits per heavy atom. The van der Waals surface area contributed by atoms with Crippen LogP contribution in [0.15, 0.2) is 71.6 Å². The fourth-order valence-electron chi connectivity index (χ4n) is 3.36. The van der Waals surface area contributed by atoms with Crippen molar-refractivity contribution < 1.29 is 22.3 Å². The Kier molecular flexibility index (Phi) is 4.92. The van der Waals surface area contributed by atoms with Gasteiger partial charge < -0.3 is 9.47 Å². The van der Waals surface area contributed by atoms with Gasteiger partial charge in [0.15, 0.2) is 11.5 Å². The van der Waals surface area contributed by atoms with Gasteiger partial charge in [-0.15, -0.1) is 0 Å². The minimum atomic E-state index is -3.91. The molecule has 3 aromatic carbocycles. The van der Waals surface area contributed by atoms with E-state index in [9.17, 15) is 12.8 Å². The molecule has 0 unspecified atom stereocenters. The van der Waals surface area contributed by atoms with Crippen LogP contribution < -0.4 is 13.8 Å². The van der Waals surface area contributed by atoms with Crippen molar-refractivity contribution in [3.63, 3.8) is 0 Å². The van der Waals surface area contributed by atoms with Gasteiger partial charge in [0.2, 0.25) is 6.79 Å². The van der Waals surface area contributed by atoms with Crippen molar-refractivity contribution in [1.29, 1.82) is 0 Å². The topological polar surface area (TPSA) is 55.8 Å². The maximum atomic E-state index is 13.6. The van der Waals surface area contributed by atoms with Crippen molar-refractivity contribution >= 4 is 15.7 Å². The van der Waals surface area contributed by atoms with Crippen LogP contribution in [0.4, 0.5) is 10.1 Å². The molecule has 29 heavy (non-hydrogen) atoms. The molecular weight excluding hydrogens is 393 g/mol. The van der Waals surface area contributed by atoms with Gasteiger partial charge in [0.05, 0.1) is 16.6 Å². The zero-order valence-electron chi connectivity index (χ0n) is 16.0. The number of sulfonamides is 1. The summed E-state index contributed by atoms with van der Waals surface area (Å²) in [6, 6.07) is 17.0. The molecular formula is C22H20FNO4S. The third kappa shape index (κ3) is 3.65. The van der Waals surface area contributed by atoms with Gasteiger partial charge in [0.25, 0.3) is 10.0 Å². The molecule has 1 heterocycles. The Labute approximate surface area is 169 Å². The van der Waals surface area contributed by atoms with Crippen molar-refractivity contribution in [2.24, 2.45) is 0 Å². The number of rotatable bonds is 5. The monoisotopic (exact) mass is 413 g/mol. The molecule has 0 saturated heterocycles. The fraction of sp³-hybridized carbons (Fsp3) is 0.182. The zero-order chi connectivity index (χ0) is 20.6. The van der Waals surface area contributed by atoms with Crippen LogP contribution in [0.5, 0.6) is 11.5 Å². The van der Waals surface area contributed by atoms with E-state index in [-0.39, 0.29) is 17.5 Å². The van der Waals surface area contributed by atoms with Gasteiger partial charge in [-0.3, -0.25) is 4.31 Å². The van der Waals surface area contributed by atoms with Crippen molar-refractivity contribution in [2.75, 3.05) is 11.1 Å². The molecule has 0 bridgehead atoms. The minimum absolute atomic E-state index is 0.0942. The van der Waals surface area contributed by atoms with Crippen LogP contribution in [-0.4, -0.2) is 15.2 Å². The van der Waals surface area contributed by atoms with E-state index in [2.05, 4.69) is 0 Å². The third-order valence-corrected chi connectivity index (χ3v) is 6.76. The van der Waals surface area contributed by atoms with Gasteiger partial charge in [0.1, 0.15) is 5.82 Å². The lowest BCUT2D eigenvalue weighted by Crippen LogP contribution is -2.33. The first-order valence-corrected chi connectivity index (χ1v) is 10.6. The highest BCUT2D eigenvalue weighted by atomic mass is 32.2. The second-order valence-corrected chi connectivity index (χ2v) is 8.70. The highest BCUT2D eigenvalue weighted by Gasteiger charge is 2.31. The molecule has 1 aliphatic heterocycles. The van der Waals surface area contributed by atoms with Crippen molar-refractivity contribution in [3.8, 4) is 11.5 Å². The summed E-state index contributed by atoms with van der Waals surface area (Å²) in [6.45, 7) is 3.70. The zero-order valence-corrected chi connectivity index (χ0v) is 16.8. The average Bonchev–Trinajstić information content (AvgIpc) is 3.16. The summed E-state index contributed by atoms with van der Waals surface area (Å²) in [5.41, 5.74) is 1.94. The van der Waals surface area contributed by atoms with E-state index in [1.165, 1.54) is 16.4 Å². The van der Waals surface area contributed by atoms with Crippen LogP contribution in [0, 0.1) is 12.7 Å². The third-order valence-electron chi connectivity index (χ3n) is 4.86. The predicted octanol–water partition coefficient (Wildman–Crippen LogP) is 4.82. The van der Waals surface area contributed by atoms with E-state index in [1.807, 2.05) is 13.0 Å². The summed E-state index contributed by atoms with van der Waals surface area (Å²) in [4.78, 5) is 0.184. The largest absolute Gasteiger partial charge is 0.454 e. The highest BCUT2D eigenvalue weighted by Crippen LogP contribution is 2.40. The average molecular weight is 413 g/mol. The summed E-state index contributed by atoms with van der Waals surface area (Å²) >= 11 is 0. The molecule has 1 atom stereocenters. The van der Waals surface area contributed by atoms with E-state index in [4.69, 9.17) is 9.47 Å². The van der Waals surface area contributed by atoms with E-state index in [0.29, 0.717) is 22.7 Å². The van der Waals surface area contributed by atoms with Crippen LogP contribution in [-0.2, 0) is 10.0 Å². The SMILES string of the molecule is Cc1cccc(S(=O)(=O)N(c2ccc3c(c2)OCO3)[C@H](C)c2ccc(F)cc2)c1. The summed E-state index contributed by atoms with van der Waals surface area (Å²) in [5.74, 6) is 0.673. The molecule has 0 N–H and O–H groups in total. The maximum absolute atomic E-state index is 13.6. The van der Waals surface area contributed by atoms with E-state index >= 15 is 0 Å².